The van der Waals surface area contributed by atoms with E-state index >= 15 is 0 Å². The zero-order valence-corrected chi connectivity index (χ0v) is 44.0. The maximum atomic E-state index is 14.8. The molecule has 0 aliphatic carbocycles. The minimum atomic E-state index is -1.66. The first-order valence-corrected chi connectivity index (χ1v) is 26.0. The molecule has 0 unspecified atom stereocenters. The van der Waals surface area contributed by atoms with Gasteiger partial charge >= 0.3 is 6.03 Å². The Morgan fingerprint density at radius 2 is 1.36 bits per heavy atom. The normalized spacial score (nSPS) is 20.8. The van der Waals surface area contributed by atoms with Gasteiger partial charge in [0.15, 0.2) is 17.7 Å². The van der Waals surface area contributed by atoms with E-state index in [1.165, 1.54) is 6.92 Å². The molecule has 7 atom stereocenters. The number of H-pyrrole nitrogens is 1. The van der Waals surface area contributed by atoms with Crippen LogP contribution in [0.5, 0.6) is 0 Å². The number of aliphatic imine (C=N–C) groups is 2. The van der Waals surface area contributed by atoms with Crippen LogP contribution >= 0.6 is 0 Å². The van der Waals surface area contributed by atoms with Crippen molar-refractivity contribution < 1.29 is 47.9 Å². The lowest BCUT2D eigenvalue weighted by atomic mass is 9.83. The number of guanidine groups is 2. The Balaban J connectivity index is 1.80. The number of rotatable bonds is 20. The van der Waals surface area contributed by atoms with Gasteiger partial charge in [0.1, 0.15) is 30.0 Å². The molecule has 20 N–H and O–H groups in total. The van der Waals surface area contributed by atoms with Crippen LogP contribution in [0.2, 0.25) is 0 Å². The molecule has 9 amide bonds. The molecule has 0 saturated carbocycles. The quantitative estimate of drug-likeness (QED) is 0.0340. The molecule has 26 heteroatoms. The Morgan fingerprint density at radius 3 is 2.04 bits per heavy atom. The summed E-state index contributed by atoms with van der Waals surface area (Å²) in [4.78, 5) is 148. The molecule has 1 aromatic heterocycles. The Hall–Kier alpha value is -8.58. The summed E-state index contributed by atoms with van der Waals surface area (Å²) in [6, 6.07) is 8.38. The molecule has 1 aliphatic rings. The van der Waals surface area contributed by atoms with E-state index in [1.54, 1.807) is 36.5 Å². The summed E-state index contributed by atoms with van der Waals surface area (Å²) in [6.07, 6.45) is 1.28. The van der Waals surface area contributed by atoms with Crippen molar-refractivity contribution in [2.24, 2.45) is 56.2 Å². The number of urea groups is 1. The number of hydrogen-bond acceptors (Lipinski definition) is 12. The summed E-state index contributed by atoms with van der Waals surface area (Å²) in [5, 5.41) is 19.1. The molecule has 424 valence electrons. The molecule has 1 fully saturated rings. The Morgan fingerprint density at radius 1 is 0.692 bits per heavy atom. The molecule has 0 radical (unpaired) electrons. The molecular weight excluding hydrogens is 1010 g/mol. The number of benzene rings is 2. The van der Waals surface area contributed by atoms with Crippen LogP contribution in [0.4, 0.5) is 4.79 Å². The van der Waals surface area contributed by atoms with Crippen molar-refractivity contribution in [3.63, 3.8) is 0 Å². The van der Waals surface area contributed by atoms with Crippen molar-refractivity contribution in [2.75, 3.05) is 26.2 Å². The third-order valence-electron chi connectivity index (χ3n) is 13.0. The van der Waals surface area contributed by atoms with Crippen molar-refractivity contribution in [3.8, 4) is 0 Å². The van der Waals surface area contributed by atoms with Gasteiger partial charge in [0.25, 0.3) is 0 Å². The van der Waals surface area contributed by atoms with E-state index in [0.29, 0.717) is 11.1 Å². The predicted molar refractivity (Wildman–Crippen MR) is 291 cm³/mol. The van der Waals surface area contributed by atoms with Crippen LogP contribution < -0.4 is 71.6 Å². The van der Waals surface area contributed by atoms with Gasteiger partial charge in [0.2, 0.25) is 41.4 Å². The highest BCUT2D eigenvalue weighted by molar-refractivity contribution is 5.99. The van der Waals surface area contributed by atoms with E-state index in [0.717, 1.165) is 10.9 Å². The van der Waals surface area contributed by atoms with Crippen LogP contribution in [0, 0.1) is 11.8 Å². The van der Waals surface area contributed by atoms with Crippen molar-refractivity contribution in [1.29, 1.82) is 0 Å². The molecule has 0 spiro atoms. The molecule has 2 aromatic carbocycles. The maximum absolute atomic E-state index is 14.8. The number of carbonyl (C=O) groups is 10. The monoisotopic (exact) mass is 1080 g/mol. The van der Waals surface area contributed by atoms with E-state index in [-0.39, 0.29) is 115 Å². The fourth-order valence-corrected chi connectivity index (χ4v) is 9.00. The Kier molecular flexibility index (Phi) is 25.5. The number of ketones is 2. The number of nitrogens with zero attached hydrogens (tertiary/aromatic N) is 2. The van der Waals surface area contributed by atoms with Crippen molar-refractivity contribution in [3.05, 3.63) is 71.9 Å². The first kappa shape index (κ1) is 62.0. The number of nitrogens with one attached hydrogen (secondary N) is 8. The van der Waals surface area contributed by atoms with Gasteiger partial charge in [0, 0.05) is 74.9 Å². The lowest BCUT2D eigenvalue weighted by Gasteiger charge is -2.27. The highest BCUT2D eigenvalue weighted by Crippen LogP contribution is 2.26. The molecule has 0 bridgehead atoms. The second-order valence-corrected chi connectivity index (χ2v) is 19.3. The van der Waals surface area contributed by atoms with Crippen molar-refractivity contribution in [1.82, 2.24) is 42.2 Å². The number of nitrogens with two attached hydrogens (primary N) is 6. The topological polar surface area (TPSA) is 452 Å². The number of aromatic amines is 1. The molecule has 3 aromatic rings. The van der Waals surface area contributed by atoms with Crippen LogP contribution in [-0.4, -0.2) is 132 Å². The largest absolute Gasteiger partial charge is 0.370 e. The second-order valence-electron chi connectivity index (χ2n) is 19.3. The van der Waals surface area contributed by atoms with Crippen LogP contribution in [0.1, 0.15) is 95.1 Å². The number of carbonyl (C=O) groups excluding carboxylic acids is 10. The number of para-hydroxylation sites is 1. The summed E-state index contributed by atoms with van der Waals surface area (Å²) in [6.45, 7) is 1.36. The molecule has 1 saturated heterocycles. The van der Waals surface area contributed by atoms with E-state index in [9.17, 15) is 47.9 Å². The van der Waals surface area contributed by atoms with Crippen LogP contribution in [0.15, 0.2) is 70.8 Å². The first-order chi connectivity index (χ1) is 37.2. The highest BCUT2D eigenvalue weighted by Gasteiger charge is 2.35. The summed E-state index contributed by atoms with van der Waals surface area (Å²) in [5.41, 5.74) is 35.3. The number of amides is 9. The van der Waals surface area contributed by atoms with Gasteiger partial charge < -0.3 is 76.6 Å². The molecule has 4 rings (SSSR count). The van der Waals surface area contributed by atoms with Crippen molar-refractivity contribution >= 4 is 81.8 Å². The third kappa shape index (κ3) is 21.9. The Labute approximate surface area is 452 Å². The highest BCUT2D eigenvalue weighted by atomic mass is 16.2. The van der Waals surface area contributed by atoms with E-state index in [2.05, 4.69) is 52.2 Å². The smallest absolute Gasteiger partial charge is 0.312 e. The fourth-order valence-electron chi connectivity index (χ4n) is 9.00. The van der Waals surface area contributed by atoms with Gasteiger partial charge in [-0.3, -0.25) is 53.1 Å². The van der Waals surface area contributed by atoms with Gasteiger partial charge in [-0.2, -0.15) is 0 Å². The SMILES string of the molecule is CC(=O)N[C@@H](CCCN=C(N)N)C(=O)N[C@H]1CC(=O)NCCCC[C@@H](C(N)=O)NC(=O)[C@H](Cc2c[nH]c3ccccc23)CC(=O)[C@H](CCCN=C(N)N)CC(=O)[C@@H](Cc2ccccc2)NC(=O)[C@H](CCCNC(N)=O)NC1=O. The number of hydrogen-bond donors (Lipinski definition) is 14. The lowest BCUT2D eigenvalue weighted by molar-refractivity contribution is -0.136. The van der Waals surface area contributed by atoms with Gasteiger partial charge in [-0.25, -0.2) is 4.79 Å². The number of fused-ring (bicyclic) bond motifs is 1. The standard InChI is InChI=1S/C52H76N16O10/c1-30(69)64-38(18-10-22-61-51(56)57)47(75)68-41-28-44(72)59-20-8-7-17-37(45(53)73)65-46(74)33(25-34-29-63-36-16-6-5-15-35(34)36)27-42(70)32(14-9-21-60-50(54)55)26-43(71)40(24-31-12-3-2-4-13-31)67-48(76)39(66-49(41)77)19-11-23-62-52(58)78/h2-6,12-13,15-16,29,32-33,37-41,63H,7-11,14,17-28H2,1H3,(H2,53,73)(H,59,72)(H,64,69)(H,65,74)(H,66,77)(H,67,76)(H,68,75)(H4,54,55,60)(H4,56,57,61)(H3,58,62,78)/t32-,33-,37+,38+,39+,40-,41+/m1/s1. The molecule has 78 heavy (non-hydrogen) atoms. The number of aromatic nitrogens is 1. The van der Waals surface area contributed by atoms with E-state index in [4.69, 9.17) is 34.4 Å². The average Bonchev–Trinajstić information content (AvgIpc) is 3.80. The van der Waals surface area contributed by atoms with Gasteiger partial charge in [0.05, 0.1) is 12.5 Å². The number of Topliss-reactive ketones (excluding diaryl/α,β-unsaturated/α-hetero) is 2. The first-order valence-electron chi connectivity index (χ1n) is 26.0. The van der Waals surface area contributed by atoms with Gasteiger partial charge in [-0.15, -0.1) is 0 Å². The fraction of sp³-hybridized carbons (Fsp3) is 0.500. The minimum absolute atomic E-state index is 0.0108. The van der Waals surface area contributed by atoms with Crippen LogP contribution in [-0.2, 0) is 56.0 Å². The third-order valence-corrected chi connectivity index (χ3v) is 13.0. The molecule has 26 nitrogen and oxygen atoms in total. The lowest BCUT2D eigenvalue weighted by Crippen LogP contribution is -2.58. The molecule has 1 aliphatic heterocycles. The zero-order chi connectivity index (χ0) is 57.1. The van der Waals surface area contributed by atoms with Crippen LogP contribution in [0.3, 0.4) is 0 Å². The second kappa shape index (κ2) is 32.1. The van der Waals surface area contributed by atoms with Gasteiger partial charge in [-0.1, -0.05) is 48.5 Å². The summed E-state index contributed by atoms with van der Waals surface area (Å²) >= 11 is 0. The molecular formula is C52H76N16O10. The van der Waals surface area contributed by atoms with Gasteiger partial charge in [-0.05, 0) is 87.8 Å². The summed E-state index contributed by atoms with van der Waals surface area (Å²) < 4.78 is 0. The average molecular weight is 1090 g/mol. The maximum Gasteiger partial charge on any atom is 0.312 e. The van der Waals surface area contributed by atoms with E-state index < -0.39 is 114 Å². The minimum Gasteiger partial charge on any atom is -0.370 e. The number of primary amides is 2. The van der Waals surface area contributed by atoms with Crippen LogP contribution in [0.25, 0.3) is 10.9 Å². The summed E-state index contributed by atoms with van der Waals surface area (Å²) in [7, 11) is 0. The molecule has 2 heterocycles. The zero-order valence-electron chi connectivity index (χ0n) is 44.0. The summed E-state index contributed by atoms with van der Waals surface area (Å²) in [5.74, 6) is -9.01. The van der Waals surface area contributed by atoms with E-state index in [1.807, 2.05) is 24.3 Å². The Bertz CT molecular complexity index is 2620. The van der Waals surface area contributed by atoms with Crippen molar-refractivity contribution in [2.45, 2.75) is 127 Å². The predicted octanol–water partition coefficient (Wildman–Crippen LogP) is -1.72.